The molecule has 0 N–H and O–H groups in total. The van der Waals surface area contributed by atoms with Crippen molar-refractivity contribution >= 4 is 5.82 Å². The first-order valence-corrected chi connectivity index (χ1v) is 3.63. The lowest BCUT2D eigenvalue weighted by Crippen LogP contribution is -1.75. The third-order valence-electron chi connectivity index (χ3n) is 1.60. The number of rotatable bonds is 2. The van der Waals surface area contributed by atoms with Gasteiger partial charge in [0.25, 0.3) is 5.82 Å². The first kappa shape index (κ1) is 7.60. The maximum atomic E-state index is 10.2. The molecule has 2 aromatic rings. The minimum absolute atomic E-state index is 0.0220. The number of aromatic nitrogens is 2. The molecule has 5 heteroatoms. The summed E-state index contributed by atoms with van der Waals surface area (Å²) in [5, 5.41) is 9.61. The number of hydrogen-bond donors (Lipinski definition) is 0. The van der Waals surface area contributed by atoms with Gasteiger partial charge in [-0.15, -0.1) is 4.91 Å². The quantitative estimate of drug-likeness (QED) is 0.655. The Balaban J connectivity index is 2.52. The zero-order valence-electron chi connectivity index (χ0n) is 6.54. The maximum Gasteiger partial charge on any atom is 0.267 e. The highest BCUT2D eigenvalue weighted by Gasteiger charge is 2.11. The van der Waals surface area contributed by atoms with Crippen LogP contribution in [-0.4, -0.2) is 10.3 Å². The van der Waals surface area contributed by atoms with Crippen molar-refractivity contribution in [2.45, 2.75) is 0 Å². The van der Waals surface area contributed by atoms with Crippen molar-refractivity contribution in [3.05, 3.63) is 35.2 Å². The van der Waals surface area contributed by atoms with Crippen molar-refractivity contribution in [3.63, 3.8) is 0 Å². The molecule has 0 saturated carbocycles. The van der Waals surface area contributed by atoms with Gasteiger partial charge >= 0.3 is 0 Å². The second-order valence-electron chi connectivity index (χ2n) is 2.39. The van der Waals surface area contributed by atoms with E-state index in [0.717, 1.165) is 5.56 Å². The van der Waals surface area contributed by atoms with Gasteiger partial charge in [0.05, 0.1) is 0 Å². The Kier molecular flexibility index (Phi) is 1.84. The fourth-order valence-electron chi connectivity index (χ4n) is 1.02. The molecule has 0 aliphatic carbocycles. The topological polar surface area (TPSA) is 68.3 Å². The molecule has 0 aliphatic heterocycles. The Morgan fingerprint density at radius 2 is 1.92 bits per heavy atom. The molecule has 0 bridgehead atoms. The Morgan fingerprint density at radius 1 is 1.15 bits per heavy atom. The highest BCUT2D eigenvalue weighted by molar-refractivity contribution is 5.67. The van der Waals surface area contributed by atoms with E-state index >= 15 is 0 Å². The van der Waals surface area contributed by atoms with E-state index in [4.69, 9.17) is 0 Å². The third-order valence-corrected chi connectivity index (χ3v) is 1.60. The van der Waals surface area contributed by atoms with Gasteiger partial charge in [0, 0.05) is 5.56 Å². The van der Waals surface area contributed by atoms with Crippen molar-refractivity contribution in [2.24, 2.45) is 5.18 Å². The van der Waals surface area contributed by atoms with Crippen molar-refractivity contribution in [1.82, 2.24) is 10.3 Å². The van der Waals surface area contributed by atoms with E-state index in [0.29, 0.717) is 5.69 Å². The van der Waals surface area contributed by atoms with Gasteiger partial charge in [-0.1, -0.05) is 30.3 Å². The molecule has 0 radical (unpaired) electrons. The summed E-state index contributed by atoms with van der Waals surface area (Å²) in [5.74, 6) is -0.0220. The van der Waals surface area contributed by atoms with Crippen LogP contribution >= 0.6 is 0 Å². The summed E-state index contributed by atoms with van der Waals surface area (Å²) in [4.78, 5) is 10.2. The zero-order chi connectivity index (χ0) is 9.10. The summed E-state index contributed by atoms with van der Waals surface area (Å²) in [6.07, 6.45) is 0. The fourth-order valence-corrected chi connectivity index (χ4v) is 1.02. The summed E-state index contributed by atoms with van der Waals surface area (Å²) in [6.45, 7) is 0. The molecule has 0 aliphatic rings. The standard InChI is InChI=1S/C8H5N3O2/c12-9-8-7(10-13-11-8)6-4-2-1-3-5-6/h1-5H. The summed E-state index contributed by atoms with van der Waals surface area (Å²) >= 11 is 0. The van der Waals surface area contributed by atoms with Crippen LogP contribution in [0.2, 0.25) is 0 Å². The summed E-state index contributed by atoms with van der Waals surface area (Å²) < 4.78 is 4.40. The van der Waals surface area contributed by atoms with Gasteiger partial charge in [-0.2, -0.15) is 0 Å². The number of nitrogens with zero attached hydrogens (tertiary/aromatic N) is 3. The van der Waals surface area contributed by atoms with E-state index in [-0.39, 0.29) is 5.82 Å². The minimum Gasteiger partial charge on any atom is -0.242 e. The monoisotopic (exact) mass is 175 g/mol. The molecular formula is C8H5N3O2. The lowest BCUT2D eigenvalue weighted by Gasteiger charge is -1.91. The molecule has 5 nitrogen and oxygen atoms in total. The molecule has 0 unspecified atom stereocenters. The Hall–Kier alpha value is -2.04. The van der Waals surface area contributed by atoms with Gasteiger partial charge in [-0.05, 0) is 15.5 Å². The van der Waals surface area contributed by atoms with E-state index in [9.17, 15) is 4.91 Å². The molecule has 0 spiro atoms. The second kappa shape index (κ2) is 3.14. The van der Waals surface area contributed by atoms with Crippen molar-refractivity contribution in [2.75, 3.05) is 0 Å². The van der Waals surface area contributed by atoms with E-state index < -0.39 is 0 Å². The third kappa shape index (κ3) is 1.31. The van der Waals surface area contributed by atoms with Gasteiger partial charge in [-0.3, -0.25) is 0 Å². The smallest absolute Gasteiger partial charge is 0.242 e. The molecule has 0 amide bonds. The molecule has 13 heavy (non-hydrogen) atoms. The molecule has 0 saturated heterocycles. The van der Waals surface area contributed by atoms with Crippen LogP contribution in [0.15, 0.2) is 40.1 Å². The predicted octanol–water partition coefficient (Wildman–Crippen LogP) is 2.13. The Labute approximate surface area is 73.3 Å². The predicted molar refractivity (Wildman–Crippen MR) is 45.2 cm³/mol. The van der Waals surface area contributed by atoms with Crippen molar-refractivity contribution in [3.8, 4) is 11.3 Å². The van der Waals surface area contributed by atoms with Crippen LogP contribution < -0.4 is 0 Å². The molecule has 64 valence electrons. The normalized spacial score (nSPS) is 9.85. The van der Waals surface area contributed by atoms with Crippen LogP contribution in [-0.2, 0) is 0 Å². The van der Waals surface area contributed by atoms with Crippen LogP contribution in [0.5, 0.6) is 0 Å². The van der Waals surface area contributed by atoms with Gasteiger partial charge < -0.3 is 0 Å². The lowest BCUT2D eigenvalue weighted by atomic mass is 10.2. The van der Waals surface area contributed by atoms with E-state index in [2.05, 4.69) is 20.1 Å². The average Bonchev–Trinajstić information content (AvgIpc) is 2.67. The fraction of sp³-hybridized carbons (Fsp3) is 0. The number of hydrogen-bond acceptors (Lipinski definition) is 5. The van der Waals surface area contributed by atoms with Gasteiger partial charge in [0.1, 0.15) is 0 Å². The van der Waals surface area contributed by atoms with E-state index in [1.807, 2.05) is 18.2 Å². The zero-order valence-corrected chi connectivity index (χ0v) is 6.54. The van der Waals surface area contributed by atoms with Crippen LogP contribution in [0, 0.1) is 4.91 Å². The summed E-state index contributed by atoms with van der Waals surface area (Å²) in [5.41, 5.74) is 1.13. The first-order valence-electron chi connectivity index (χ1n) is 3.63. The van der Waals surface area contributed by atoms with E-state index in [1.165, 1.54) is 0 Å². The van der Waals surface area contributed by atoms with Crippen LogP contribution in [0.3, 0.4) is 0 Å². The van der Waals surface area contributed by atoms with Gasteiger partial charge in [0.2, 0.25) is 0 Å². The highest BCUT2D eigenvalue weighted by atomic mass is 16.6. The summed E-state index contributed by atoms with van der Waals surface area (Å²) in [7, 11) is 0. The summed E-state index contributed by atoms with van der Waals surface area (Å²) in [6, 6.07) is 9.13. The molecule has 1 aromatic heterocycles. The SMILES string of the molecule is O=Nc1nonc1-c1ccccc1. The first-order chi connectivity index (χ1) is 6.42. The van der Waals surface area contributed by atoms with Crippen LogP contribution in [0.25, 0.3) is 11.3 Å². The largest absolute Gasteiger partial charge is 0.267 e. The van der Waals surface area contributed by atoms with Crippen LogP contribution in [0.4, 0.5) is 5.82 Å². The van der Waals surface area contributed by atoms with Gasteiger partial charge in [-0.25, -0.2) is 4.63 Å². The number of nitroso groups, excluding NO2 is 1. The molecule has 1 heterocycles. The highest BCUT2D eigenvalue weighted by Crippen LogP contribution is 2.25. The molecule has 0 fully saturated rings. The Morgan fingerprint density at radius 3 is 2.62 bits per heavy atom. The second-order valence-corrected chi connectivity index (χ2v) is 2.39. The molecular weight excluding hydrogens is 170 g/mol. The lowest BCUT2D eigenvalue weighted by molar-refractivity contribution is 0.309. The molecule has 0 atom stereocenters. The van der Waals surface area contributed by atoms with Crippen molar-refractivity contribution in [1.29, 1.82) is 0 Å². The van der Waals surface area contributed by atoms with Crippen LogP contribution in [0.1, 0.15) is 0 Å². The molecule has 2 rings (SSSR count). The van der Waals surface area contributed by atoms with Gasteiger partial charge in [0.15, 0.2) is 5.69 Å². The maximum absolute atomic E-state index is 10.2. The molecule has 1 aromatic carbocycles. The van der Waals surface area contributed by atoms with E-state index in [1.54, 1.807) is 12.1 Å². The van der Waals surface area contributed by atoms with Crippen molar-refractivity contribution < 1.29 is 4.63 Å². The minimum atomic E-state index is -0.0220. The Bertz CT molecular complexity index is 410. The average molecular weight is 175 g/mol. The number of benzene rings is 1.